The summed E-state index contributed by atoms with van der Waals surface area (Å²) < 4.78 is 27.6. The molecule has 1 aliphatic heterocycles. The van der Waals surface area contributed by atoms with Crippen LogP contribution in [0.15, 0.2) is 40.1 Å². The topological polar surface area (TPSA) is 135 Å². The van der Waals surface area contributed by atoms with Gasteiger partial charge >= 0.3 is 5.69 Å². The second-order valence-electron chi connectivity index (χ2n) is 16.5. The first-order valence-electron chi connectivity index (χ1n) is 16.0. The van der Waals surface area contributed by atoms with Crippen molar-refractivity contribution in [2.75, 3.05) is 6.61 Å². The van der Waals surface area contributed by atoms with E-state index in [0.29, 0.717) is 18.6 Å². The zero-order valence-electron chi connectivity index (χ0n) is 30.0. The van der Waals surface area contributed by atoms with Crippen molar-refractivity contribution >= 4 is 22.3 Å². The lowest BCUT2D eigenvalue weighted by atomic mass is 9.84. The van der Waals surface area contributed by atoms with Gasteiger partial charge in [-0.05, 0) is 47.7 Å². The summed E-state index contributed by atoms with van der Waals surface area (Å²) in [5, 5.41) is 11.8. The van der Waals surface area contributed by atoms with Gasteiger partial charge in [-0.2, -0.15) is 0 Å². The second-order valence-corrected chi connectivity index (χ2v) is 26.1. The Morgan fingerprint density at radius 3 is 2.13 bits per heavy atom. The quantitative estimate of drug-likeness (QED) is 0.147. The van der Waals surface area contributed by atoms with Crippen LogP contribution >= 0.6 is 0 Å². The fourth-order valence-electron chi connectivity index (χ4n) is 4.91. The van der Waals surface area contributed by atoms with E-state index in [9.17, 15) is 19.7 Å². The molecular weight excluding hydrogens is 623 g/mol. The number of ether oxygens (including phenoxy) is 2. The maximum Gasteiger partial charge on any atom is 0.330 e. The second kappa shape index (κ2) is 13.6. The van der Waals surface area contributed by atoms with E-state index in [0.717, 1.165) is 0 Å². The largest absolute Gasteiger partial charge is 0.414 e. The number of benzene rings is 1. The Labute approximate surface area is 275 Å². The number of aromatic nitrogens is 2. The molecule has 0 spiro atoms. The van der Waals surface area contributed by atoms with Gasteiger partial charge < -0.3 is 18.3 Å². The van der Waals surface area contributed by atoms with Gasteiger partial charge in [-0.1, -0.05) is 74.4 Å². The maximum absolute atomic E-state index is 13.2. The van der Waals surface area contributed by atoms with Gasteiger partial charge in [0.15, 0.2) is 16.6 Å². The molecule has 3 rings (SSSR count). The molecule has 1 fully saturated rings. The number of nitro groups is 1. The Morgan fingerprint density at radius 2 is 1.59 bits per heavy atom. The Morgan fingerprint density at radius 1 is 1.00 bits per heavy atom. The first kappa shape index (κ1) is 38.0. The van der Waals surface area contributed by atoms with Crippen molar-refractivity contribution in [2.45, 2.75) is 136 Å². The van der Waals surface area contributed by atoms with Gasteiger partial charge in [0.25, 0.3) is 11.2 Å². The minimum atomic E-state index is -2.21. The molecule has 0 aliphatic carbocycles. The van der Waals surface area contributed by atoms with Crippen LogP contribution in [0.1, 0.15) is 92.2 Å². The zero-order valence-corrected chi connectivity index (χ0v) is 32.0. The molecule has 1 aliphatic rings. The van der Waals surface area contributed by atoms with Crippen molar-refractivity contribution < 1.29 is 23.2 Å². The van der Waals surface area contributed by atoms with E-state index in [-0.39, 0.29) is 34.0 Å². The Kier molecular flexibility index (Phi) is 11.2. The smallest absolute Gasteiger partial charge is 0.330 e. The molecule has 46 heavy (non-hydrogen) atoms. The predicted octanol–water partition coefficient (Wildman–Crippen LogP) is 7.45. The van der Waals surface area contributed by atoms with Crippen LogP contribution in [0.3, 0.4) is 0 Å². The number of para-hydroxylation sites is 1. The monoisotopic (exact) mass is 677 g/mol. The molecule has 0 radical (unpaired) electrons. The highest BCUT2D eigenvalue weighted by Crippen LogP contribution is 2.43. The molecular formula is C33H55N3O8Si2. The number of hydrogen-bond acceptors (Lipinski definition) is 8. The molecule has 11 nitrogen and oxygen atoms in total. The van der Waals surface area contributed by atoms with Crippen molar-refractivity contribution in [1.29, 1.82) is 0 Å². The third kappa shape index (κ3) is 8.72. The Hall–Kier alpha value is -2.43. The third-order valence-electron chi connectivity index (χ3n) is 9.81. The van der Waals surface area contributed by atoms with Crippen LogP contribution in [0, 0.1) is 15.5 Å². The van der Waals surface area contributed by atoms with E-state index >= 15 is 0 Å². The summed E-state index contributed by atoms with van der Waals surface area (Å²) in [4.78, 5) is 39.9. The van der Waals surface area contributed by atoms with Gasteiger partial charge in [0.2, 0.25) is 0 Å². The van der Waals surface area contributed by atoms with E-state index in [1.165, 1.54) is 16.8 Å². The van der Waals surface area contributed by atoms with Gasteiger partial charge in [0, 0.05) is 18.7 Å². The molecule has 1 aromatic heterocycles. The average molecular weight is 678 g/mol. The van der Waals surface area contributed by atoms with E-state index in [4.69, 9.17) is 18.3 Å². The van der Waals surface area contributed by atoms with Crippen LogP contribution < -0.4 is 11.2 Å². The van der Waals surface area contributed by atoms with Crippen LogP contribution in [0.2, 0.25) is 36.3 Å². The van der Waals surface area contributed by atoms with E-state index in [1.54, 1.807) is 18.2 Å². The average Bonchev–Trinajstić information content (AvgIpc) is 3.28. The van der Waals surface area contributed by atoms with Crippen LogP contribution in [0.25, 0.3) is 0 Å². The molecule has 258 valence electrons. The van der Waals surface area contributed by atoms with Crippen molar-refractivity contribution in [3.63, 3.8) is 0 Å². The minimum Gasteiger partial charge on any atom is -0.414 e. The van der Waals surface area contributed by atoms with Gasteiger partial charge in [0.1, 0.15) is 12.3 Å². The van der Waals surface area contributed by atoms with Crippen LogP contribution in [-0.4, -0.2) is 49.9 Å². The van der Waals surface area contributed by atoms with Crippen LogP contribution in [-0.2, 0) is 24.9 Å². The lowest BCUT2D eigenvalue weighted by Crippen LogP contribution is -2.48. The summed E-state index contributed by atoms with van der Waals surface area (Å²) in [5.41, 5.74) is -1.14. The first-order chi connectivity index (χ1) is 20.9. The molecule has 0 amide bonds. The lowest BCUT2D eigenvalue weighted by molar-refractivity contribution is -0.386. The van der Waals surface area contributed by atoms with Crippen molar-refractivity contribution in [3.05, 3.63) is 72.5 Å². The number of nitro benzene ring substituents is 1. The Bertz CT molecular complexity index is 1500. The van der Waals surface area contributed by atoms with Gasteiger partial charge in [-0.3, -0.25) is 24.5 Å². The summed E-state index contributed by atoms with van der Waals surface area (Å²) in [5.74, 6) is 0. The molecule has 0 saturated carbocycles. The SMILES string of the molecule is CC(C)(C)[C@H](OCc1cn([C@H]2C[C@@H](O[Si](C)(C)C(C)(C)C)[C@@H](CO[Si](C)(C)C(C)(C)C)O2)c(=O)[nH]c1=O)c1ccccc1[N+](=O)[O-]. The van der Waals surface area contributed by atoms with E-state index in [1.807, 2.05) is 20.8 Å². The Balaban J connectivity index is 1.94. The fourth-order valence-corrected chi connectivity index (χ4v) is 7.28. The van der Waals surface area contributed by atoms with Crippen LogP contribution in [0.5, 0.6) is 0 Å². The molecule has 1 saturated heterocycles. The number of H-pyrrole nitrogens is 1. The predicted molar refractivity (Wildman–Crippen MR) is 185 cm³/mol. The summed E-state index contributed by atoms with van der Waals surface area (Å²) in [6, 6.07) is 6.44. The third-order valence-corrected chi connectivity index (χ3v) is 18.8. The molecule has 13 heteroatoms. The minimum absolute atomic E-state index is 0.0106. The summed E-state index contributed by atoms with van der Waals surface area (Å²) >= 11 is 0. The molecule has 4 atom stereocenters. The number of nitrogens with one attached hydrogen (secondary N) is 1. The van der Waals surface area contributed by atoms with Gasteiger partial charge in [-0.15, -0.1) is 0 Å². The van der Waals surface area contributed by atoms with Crippen molar-refractivity contribution in [2.24, 2.45) is 5.41 Å². The number of aromatic amines is 1. The highest BCUT2D eigenvalue weighted by Gasteiger charge is 2.47. The number of nitrogens with zero attached hydrogens (tertiary/aromatic N) is 2. The molecule has 0 unspecified atom stereocenters. The maximum atomic E-state index is 13.2. The zero-order chi connectivity index (χ0) is 35.0. The van der Waals surface area contributed by atoms with Crippen molar-refractivity contribution in [1.82, 2.24) is 9.55 Å². The highest BCUT2D eigenvalue weighted by atomic mass is 28.4. The molecule has 2 aromatic rings. The molecule has 2 heterocycles. The fraction of sp³-hybridized carbons (Fsp3) is 0.697. The first-order valence-corrected chi connectivity index (χ1v) is 21.8. The normalized spacial score (nSPS) is 20.6. The van der Waals surface area contributed by atoms with Crippen LogP contribution in [0.4, 0.5) is 5.69 Å². The molecule has 0 bridgehead atoms. The van der Waals surface area contributed by atoms with Gasteiger partial charge in [0.05, 0.1) is 41.5 Å². The summed E-state index contributed by atoms with van der Waals surface area (Å²) in [6.45, 7) is 27.8. The summed E-state index contributed by atoms with van der Waals surface area (Å²) in [6.07, 6.45) is -0.222. The highest BCUT2D eigenvalue weighted by molar-refractivity contribution is 6.74. The lowest BCUT2D eigenvalue weighted by Gasteiger charge is -2.40. The van der Waals surface area contributed by atoms with Gasteiger partial charge in [-0.25, -0.2) is 4.79 Å². The molecule has 1 aromatic carbocycles. The number of rotatable bonds is 11. The molecule has 1 N–H and O–H groups in total. The summed E-state index contributed by atoms with van der Waals surface area (Å²) in [7, 11) is -4.31. The standard InChI is InChI=1S/C33H55N3O8Si2/c1-31(2,3)28(23-16-14-15-17-24(23)36(39)40)41-20-22-19-35(30(38)34-29(22)37)27-18-25(44-46(12,13)33(7,8)9)26(43-27)21-42-45(10,11)32(4,5)6/h14-17,19,25-28H,18,20-21H2,1-13H3,(H,34,37,38)/t25-,26-,27-,28-/m1/s1. The van der Waals surface area contributed by atoms with Crippen molar-refractivity contribution in [3.8, 4) is 0 Å². The van der Waals surface area contributed by atoms with E-state index in [2.05, 4.69) is 72.7 Å². The number of hydrogen-bond donors (Lipinski definition) is 1. The van der Waals surface area contributed by atoms with E-state index < -0.39 is 56.7 Å².